The molecule has 30 heavy (non-hydrogen) atoms. The number of hydrogen-bond acceptors (Lipinski definition) is 4. The van der Waals surface area contributed by atoms with Gasteiger partial charge in [-0.15, -0.1) is 0 Å². The number of H-pyrrole nitrogens is 1. The van der Waals surface area contributed by atoms with Crippen LogP contribution in [0, 0.1) is 0 Å². The van der Waals surface area contributed by atoms with Gasteiger partial charge in [-0.3, -0.25) is 9.89 Å². The Morgan fingerprint density at radius 3 is 2.53 bits per heavy atom. The van der Waals surface area contributed by atoms with Crippen LogP contribution in [-0.2, 0) is 4.74 Å². The van der Waals surface area contributed by atoms with Crippen LogP contribution in [-0.4, -0.2) is 47.9 Å². The Morgan fingerprint density at radius 1 is 1.13 bits per heavy atom. The van der Waals surface area contributed by atoms with Crippen LogP contribution in [0.4, 0.5) is 0 Å². The SMILES string of the molecule is CCOCCCN1C(=O)c2[nH]nc(-c3ccc(OC)cc3)c2[C@@H]1c1ccc(Cl)cc1. The number of nitrogens with zero attached hydrogens (tertiary/aromatic N) is 2. The van der Waals surface area contributed by atoms with Gasteiger partial charge in [0.25, 0.3) is 5.91 Å². The van der Waals surface area contributed by atoms with Gasteiger partial charge in [0.05, 0.1) is 18.8 Å². The molecule has 1 atom stereocenters. The van der Waals surface area contributed by atoms with Crippen molar-refractivity contribution >= 4 is 17.5 Å². The highest BCUT2D eigenvalue weighted by Gasteiger charge is 2.41. The molecule has 0 saturated carbocycles. The zero-order valence-electron chi connectivity index (χ0n) is 17.0. The molecule has 0 radical (unpaired) electrons. The standard InChI is InChI=1S/C23H24ClN3O3/c1-3-30-14-4-13-27-22(16-5-9-17(24)10-6-16)19-20(25-26-21(19)23(27)28)15-7-11-18(29-2)12-8-15/h5-12,22H,3-4,13-14H2,1-2H3,(H,25,26)/t22-/m0/s1. The molecule has 0 bridgehead atoms. The Morgan fingerprint density at radius 2 is 1.87 bits per heavy atom. The predicted octanol–water partition coefficient (Wildman–Crippen LogP) is 4.71. The lowest BCUT2D eigenvalue weighted by Crippen LogP contribution is -2.31. The number of carbonyl (C=O) groups excluding carboxylic acids is 1. The largest absolute Gasteiger partial charge is 0.497 e. The molecule has 6 nitrogen and oxygen atoms in total. The lowest BCUT2D eigenvalue weighted by Gasteiger charge is -2.26. The van der Waals surface area contributed by atoms with Crippen molar-refractivity contribution in [2.45, 2.75) is 19.4 Å². The Balaban J connectivity index is 1.74. The van der Waals surface area contributed by atoms with E-state index in [0.29, 0.717) is 30.5 Å². The highest BCUT2D eigenvalue weighted by atomic mass is 35.5. The lowest BCUT2D eigenvalue weighted by atomic mass is 9.96. The van der Waals surface area contributed by atoms with E-state index in [4.69, 9.17) is 21.1 Å². The summed E-state index contributed by atoms with van der Waals surface area (Å²) in [5.41, 5.74) is 4.13. The highest BCUT2D eigenvalue weighted by Crippen LogP contribution is 2.43. The molecule has 0 spiro atoms. The number of carbonyl (C=O) groups is 1. The summed E-state index contributed by atoms with van der Waals surface area (Å²) in [4.78, 5) is 15.1. The number of nitrogens with one attached hydrogen (secondary N) is 1. The minimum atomic E-state index is -0.234. The van der Waals surface area contributed by atoms with E-state index >= 15 is 0 Å². The zero-order chi connectivity index (χ0) is 21.1. The van der Waals surface area contributed by atoms with Gasteiger partial charge in [-0.25, -0.2) is 0 Å². The summed E-state index contributed by atoms with van der Waals surface area (Å²) in [7, 11) is 1.64. The maximum Gasteiger partial charge on any atom is 0.273 e. The van der Waals surface area contributed by atoms with Crippen molar-refractivity contribution in [3.05, 3.63) is 70.4 Å². The number of aromatic nitrogens is 2. The second kappa shape index (κ2) is 8.90. The molecule has 1 aliphatic heterocycles. The van der Waals surface area contributed by atoms with Gasteiger partial charge in [0, 0.05) is 35.9 Å². The number of fused-ring (bicyclic) bond motifs is 1. The molecule has 1 amide bonds. The van der Waals surface area contributed by atoms with Crippen LogP contribution in [0.15, 0.2) is 48.5 Å². The Bertz CT molecular complexity index is 1020. The van der Waals surface area contributed by atoms with Crippen LogP contribution >= 0.6 is 11.6 Å². The topological polar surface area (TPSA) is 67.5 Å². The summed E-state index contributed by atoms with van der Waals surface area (Å²) in [6.45, 7) is 3.84. The Kier molecular flexibility index (Phi) is 6.06. The number of hydrogen-bond donors (Lipinski definition) is 1. The van der Waals surface area contributed by atoms with Crippen LogP contribution in [0.3, 0.4) is 0 Å². The number of aromatic amines is 1. The van der Waals surface area contributed by atoms with Gasteiger partial charge in [0.2, 0.25) is 0 Å². The minimum Gasteiger partial charge on any atom is -0.497 e. The van der Waals surface area contributed by atoms with Gasteiger partial charge in [0.1, 0.15) is 11.4 Å². The highest BCUT2D eigenvalue weighted by molar-refractivity contribution is 6.30. The van der Waals surface area contributed by atoms with E-state index in [2.05, 4.69) is 10.2 Å². The molecule has 0 unspecified atom stereocenters. The number of ether oxygens (including phenoxy) is 2. The zero-order valence-corrected chi connectivity index (χ0v) is 17.8. The maximum atomic E-state index is 13.2. The summed E-state index contributed by atoms with van der Waals surface area (Å²) < 4.78 is 10.7. The number of methoxy groups -OCH3 is 1. The number of amides is 1. The quantitative estimate of drug-likeness (QED) is 0.531. The fourth-order valence-corrected chi connectivity index (χ4v) is 4.00. The smallest absolute Gasteiger partial charge is 0.273 e. The van der Waals surface area contributed by atoms with Crippen molar-refractivity contribution in [3.63, 3.8) is 0 Å². The molecular formula is C23H24ClN3O3. The second-order valence-electron chi connectivity index (χ2n) is 7.09. The van der Waals surface area contributed by atoms with Gasteiger partial charge in [-0.1, -0.05) is 23.7 Å². The molecule has 7 heteroatoms. The first-order valence-corrected chi connectivity index (χ1v) is 10.4. The molecule has 3 aromatic rings. The molecular weight excluding hydrogens is 402 g/mol. The second-order valence-corrected chi connectivity index (χ2v) is 7.53. The van der Waals surface area contributed by atoms with E-state index in [-0.39, 0.29) is 11.9 Å². The molecule has 4 rings (SSSR count). The van der Waals surface area contributed by atoms with Crippen molar-refractivity contribution in [1.29, 1.82) is 0 Å². The number of rotatable bonds is 8. The maximum absolute atomic E-state index is 13.2. The van der Waals surface area contributed by atoms with Crippen molar-refractivity contribution in [2.75, 3.05) is 26.9 Å². The van der Waals surface area contributed by atoms with E-state index in [9.17, 15) is 4.79 Å². The van der Waals surface area contributed by atoms with Crippen LogP contribution in [0.25, 0.3) is 11.3 Å². The molecule has 2 aromatic carbocycles. The van der Waals surface area contributed by atoms with Gasteiger partial charge >= 0.3 is 0 Å². The van der Waals surface area contributed by atoms with Crippen molar-refractivity contribution in [3.8, 4) is 17.0 Å². The average molecular weight is 426 g/mol. The van der Waals surface area contributed by atoms with E-state index in [1.165, 1.54) is 0 Å². The first-order valence-electron chi connectivity index (χ1n) is 10.0. The summed E-state index contributed by atoms with van der Waals surface area (Å²) in [6.07, 6.45) is 0.763. The van der Waals surface area contributed by atoms with Crippen molar-refractivity contribution in [2.24, 2.45) is 0 Å². The normalized spacial score (nSPS) is 15.5. The van der Waals surface area contributed by atoms with Crippen LogP contribution < -0.4 is 4.74 Å². The lowest BCUT2D eigenvalue weighted by molar-refractivity contribution is 0.0710. The molecule has 1 aliphatic rings. The molecule has 1 N–H and O–H groups in total. The number of benzene rings is 2. The molecule has 0 saturated heterocycles. The van der Waals surface area contributed by atoms with Crippen molar-refractivity contribution in [1.82, 2.24) is 15.1 Å². The number of halogens is 1. The summed E-state index contributed by atoms with van der Waals surface area (Å²) in [5.74, 6) is 0.725. The van der Waals surface area contributed by atoms with Gasteiger partial charge < -0.3 is 14.4 Å². The van der Waals surface area contributed by atoms with E-state index in [0.717, 1.165) is 34.6 Å². The van der Waals surface area contributed by atoms with Crippen LogP contribution in [0.5, 0.6) is 5.75 Å². The van der Waals surface area contributed by atoms with Crippen LogP contribution in [0.1, 0.15) is 41.0 Å². The third-order valence-electron chi connectivity index (χ3n) is 5.30. The molecule has 156 valence electrons. The van der Waals surface area contributed by atoms with E-state index < -0.39 is 0 Å². The third-order valence-corrected chi connectivity index (χ3v) is 5.56. The van der Waals surface area contributed by atoms with E-state index in [1.54, 1.807) is 7.11 Å². The molecule has 0 fully saturated rings. The molecule has 2 heterocycles. The van der Waals surface area contributed by atoms with E-state index in [1.807, 2.05) is 60.4 Å². The van der Waals surface area contributed by atoms with Crippen LogP contribution in [0.2, 0.25) is 5.02 Å². The molecule has 1 aromatic heterocycles. The minimum absolute atomic E-state index is 0.0475. The fourth-order valence-electron chi connectivity index (χ4n) is 3.87. The summed E-state index contributed by atoms with van der Waals surface area (Å²) >= 11 is 6.11. The monoisotopic (exact) mass is 425 g/mol. The van der Waals surface area contributed by atoms with Crippen molar-refractivity contribution < 1.29 is 14.3 Å². The molecule has 0 aliphatic carbocycles. The predicted molar refractivity (Wildman–Crippen MR) is 116 cm³/mol. The summed E-state index contributed by atoms with van der Waals surface area (Å²) in [6, 6.07) is 15.1. The van der Waals surface area contributed by atoms with Gasteiger partial charge in [-0.2, -0.15) is 5.10 Å². The van der Waals surface area contributed by atoms with Gasteiger partial charge in [0.15, 0.2) is 0 Å². The Labute approximate surface area is 180 Å². The first kappa shape index (κ1) is 20.4. The first-order chi connectivity index (χ1) is 14.6. The average Bonchev–Trinajstić information content (AvgIpc) is 3.31. The third kappa shape index (κ3) is 3.80. The summed E-state index contributed by atoms with van der Waals surface area (Å²) in [5, 5.41) is 8.12. The van der Waals surface area contributed by atoms with Gasteiger partial charge in [-0.05, 0) is 55.3 Å². The fraction of sp³-hybridized carbons (Fsp3) is 0.304. The Hall–Kier alpha value is -2.83.